The van der Waals surface area contributed by atoms with Crippen molar-refractivity contribution in [3.63, 3.8) is 0 Å². The summed E-state index contributed by atoms with van der Waals surface area (Å²) in [6.45, 7) is 7.12. The lowest BCUT2D eigenvalue weighted by atomic mass is 9.83. The first kappa shape index (κ1) is 13.0. The molecule has 0 amide bonds. The van der Waals surface area contributed by atoms with Gasteiger partial charge in [-0.3, -0.25) is 5.10 Å². The number of hydrogen-bond acceptors (Lipinski definition) is 4. The summed E-state index contributed by atoms with van der Waals surface area (Å²) in [5, 5.41) is 17.6. The number of aromatic nitrogens is 3. The quantitative estimate of drug-likeness (QED) is 0.781. The van der Waals surface area contributed by atoms with Crippen LogP contribution in [-0.2, 0) is 4.65 Å². The molecule has 0 saturated carbocycles. The minimum atomic E-state index is -0.934. The molecule has 0 aliphatic carbocycles. The molecule has 18 heavy (non-hydrogen) atoms. The predicted molar refractivity (Wildman–Crippen MR) is 70.7 cm³/mol. The fourth-order valence-corrected chi connectivity index (χ4v) is 1.28. The summed E-state index contributed by atoms with van der Waals surface area (Å²) in [5.74, 6) is 0. The molecule has 2 aromatic rings. The van der Waals surface area contributed by atoms with Crippen molar-refractivity contribution in [2.45, 2.75) is 38.9 Å². The van der Waals surface area contributed by atoms with Gasteiger partial charge in [-0.25, -0.2) is 4.98 Å². The summed E-state index contributed by atoms with van der Waals surface area (Å²) in [6, 6.07) is 1.92. The molecule has 0 atom stereocenters. The van der Waals surface area contributed by atoms with Crippen molar-refractivity contribution in [2.24, 2.45) is 0 Å². The van der Waals surface area contributed by atoms with Crippen LogP contribution in [0, 0.1) is 0 Å². The molecule has 95 valence electrons. The van der Waals surface area contributed by atoms with E-state index >= 15 is 0 Å². The minimum absolute atomic E-state index is 0.682. The Morgan fingerprint density at radius 2 is 2.00 bits per heavy atom. The first-order valence-electron chi connectivity index (χ1n) is 5.82. The van der Waals surface area contributed by atoms with Gasteiger partial charge in [0.2, 0.25) is 0 Å². The van der Waals surface area contributed by atoms with E-state index in [-0.39, 0.29) is 0 Å². The van der Waals surface area contributed by atoms with Crippen LogP contribution >= 0.6 is 0 Å². The molecule has 0 aromatic carbocycles. The highest BCUT2D eigenvalue weighted by atomic mass is 16.5. The van der Waals surface area contributed by atoms with Gasteiger partial charge in [0.25, 0.3) is 0 Å². The fourth-order valence-electron chi connectivity index (χ4n) is 1.28. The van der Waals surface area contributed by atoms with Gasteiger partial charge >= 0.3 is 7.48 Å². The lowest BCUT2D eigenvalue weighted by molar-refractivity contribution is -0.0893. The van der Waals surface area contributed by atoms with Crippen LogP contribution in [0.15, 0.2) is 18.5 Å². The predicted octanol–water partition coefficient (Wildman–Crippen LogP) is 0.768. The van der Waals surface area contributed by atoms with E-state index in [1.807, 2.05) is 19.9 Å². The van der Waals surface area contributed by atoms with E-state index in [0.29, 0.717) is 0 Å². The summed E-state index contributed by atoms with van der Waals surface area (Å²) >= 11 is 0. The molecule has 0 bridgehead atoms. The normalized spacial score (nSPS) is 12.9. The highest BCUT2D eigenvalue weighted by Gasteiger charge is 2.35. The van der Waals surface area contributed by atoms with Crippen molar-refractivity contribution >= 4 is 24.0 Å². The molecule has 2 heterocycles. The third-order valence-corrected chi connectivity index (χ3v) is 3.28. The maximum absolute atomic E-state index is 9.99. The van der Waals surface area contributed by atoms with Crippen LogP contribution in [-0.4, -0.2) is 39.0 Å². The Balaban J connectivity index is 2.10. The average Bonchev–Trinajstić information content (AvgIpc) is 2.71. The molecule has 0 aliphatic rings. The summed E-state index contributed by atoms with van der Waals surface area (Å²) in [4.78, 5) is 4.21. The van der Waals surface area contributed by atoms with Gasteiger partial charge in [0.1, 0.15) is 0 Å². The van der Waals surface area contributed by atoms with Gasteiger partial charge in [0.15, 0.2) is 5.65 Å². The van der Waals surface area contributed by atoms with E-state index in [0.717, 1.165) is 16.5 Å². The zero-order chi connectivity index (χ0) is 13.4. The second-order valence-corrected chi connectivity index (χ2v) is 5.38. The minimum Gasteiger partial charge on any atom is -0.427 e. The van der Waals surface area contributed by atoms with Gasteiger partial charge in [-0.05, 0) is 33.2 Å². The van der Waals surface area contributed by atoms with E-state index in [2.05, 4.69) is 15.2 Å². The second-order valence-electron chi connectivity index (χ2n) is 5.38. The Hall–Kier alpha value is -1.40. The Kier molecular flexibility index (Phi) is 3.17. The lowest BCUT2D eigenvalue weighted by Gasteiger charge is -2.37. The Morgan fingerprint density at radius 1 is 1.28 bits per heavy atom. The topological polar surface area (TPSA) is 71.0 Å². The van der Waals surface area contributed by atoms with Gasteiger partial charge in [-0.2, -0.15) is 5.10 Å². The number of pyridine rings is 1. The number of nitrogens with zero attached hydrogens (tertiary/aromatic N) is 2. The van der Waals surface area contributed by atoms with E-state index in [4.69, 9.17) is 4.65 Å². The van der Waals surface area contributed by atoms with Crippen LogP contribution < -0.4 is 5.46 Å². The van der Waals surface area contributed by atoms with Crippen molar-refractivity contribution in [3.8, 4) is 0 Å². The van der Waals surface area contributed by atoms with Crippen LogP contribution in [0.4, 0.5) is 0 Å². The monoisotopic (exact) mass is 246 g/mol. The fraction of sp³-hybridized carbons (Fsp3) is 0.500. The van der Waals surface area contributed by atoms with Crippen molar-refractivity contribution in [1.82, 2.24) is 15.2 Å². The van der Waals surface area contributed by atoms with Crippen molar-refractivity contribution in [3.05, 3.63) is 18.5 Å². The van der Waals surface area contributed by atoms with Gasteiger partial charge < -0.3 is 9.76 Å². The Bertz CT molecular complexity index is 545. The molecule has 0 fully saturated rings. The first-order valence-corrected chi connectivity index (χ1v) is 5.82. The van der Waals surface area contributed by atoms with Gasteiger partial charge in [0.05, 0.1) is 17.4 Å². The second kappa shape index (κ2) is 4.37. The number of rotatable bonds is 4. The van der Waals surface area contributed by atoms with Crippen molar-refractivity contribution in [2.75, 3.05) is 0 Å². The van der Waals surface area contributed by atoms with E-state index in [1.54, 1.807) is 33.7 Å². The Labute approximate surface area is 107 Å². The van der Waals surface area contributed by atoms with Crippen LogP contribution in [0.1, 0.15) is 27.7 Å². The van der Waals surface area contributed by atoms with E-state index in [9.17, 15) is 5.11 Å². The smallest absolute Gasteiger partial charge is 0.332 e. The number of aromatic amines is 1. The molecule has 2 aromatic heterocycles. The van der Waals surface area contributed by atoms with Gasteiger partial charge in [0, 0.05) is 11.6 Å². The van der Waals surface area contributed by atoms with Gasteiger partial charge in [-0.15, -0.1) is 0 Å². The molecule has 2 N–H and O–H groups in total. The standard InChI is InChI=1S/C12H17BN3O2/c1-11(2,17)12(3,4)18-13-9-5-8-6-15-16-10(8)14-7-9/h5-7,17H,1-4H3,(H,14,15,16). The van der Waals surface area contributed by atoms with Crippen LogP contribution in [0.5, 0.6) is 0 Å². The number of aliphatic hydroxyl groups is 1. The number of hydrogen-bond donors (Lipinski definition) is 2. The van der Waals surface area contributed by atoms with Crippen LogP contribution in [0.3, 0.4) is 0 Å². The summed E-state index contributed by atoms with van der Waals surface area (Å²) in [6.07, 6.45) is 3.40. The molecule has 0 saturated heterocycles. The SMILES string of the molecule is CC(C)(O)C(C)(C)O[B]c1cnc2[nH]ncc2c1. The summed E-state index contributed by atoms with van der Waals surface area (Å²) in [7, 11) is 1.61. The third-order valence-electron chi connectivity index (χ3n) is 3.28. The van der Waals surface area contributed by atoms with Crippen molar-refractivity contribution < 1.29 is 9.76 Å². The lowest BCUT2D eigenvalue weighted by Crippen LogP contribution is -2.49. The molecule has 1 radical (unpaired) electrons. The highest BCUT2D eigenvalue weighted by Crippen LogP contribution is 2.24. The molecular weight excluding hydrogens is 229 g/mol. The third kappa shape index (κ3) is 2.54. The molecule has 0 unspecified atom stereocenters. The Morgan fingerprint density at radius 3 is 2.67 bits per heavy atom. The average molecular weight is 246 g/mol. The molecule has 5 nitrogen and oxygen atoms in total. The number of fused-ring (bicyclic) bond motifs is 1. The van der Waals surface area contributed by atoms with Crippen LogP contribution in [0.25, 0.3) is 11.0 Å². The summed E-state index contributed by atoms with van der Waals surface area (Å²) < 4.78 is 5.66. The zero-order valence-corrected chi connectivity index (χ0v) is 11.1. The maximum Gasteiger partial charge on any atom is 0.332 e. The molecule has 6 heteroatoms. The van der Waals surface area contributed by atoms with Crippen molar-refractivity contribution in [1.29, 1.82) is 0 Å². The van der Waals surface area contributed by atoms with E-state index < -0.39 is 11.2 Å². The summed E-state index contributed by atoms with van der Waals surface area (Å²) in [5.41, 5.74) is -0.0372. The largest absolute Gasteiger partial charge is 0.427 e. The highest BCUT2D eigenvalue weighted by molar-refractivity contribution is 6.47. The van der Waals surface area contributed by atoms with E-state index in [1.165, 1.54) is 0 Å². The molecule has 2 rings (SSSR count). The number of H-pyrrole nitrogens is 1. The molecular formula is C12H17BN3O2. The van der Waals surface area contributed by atoms with Gasteiger partial charge in [-0.1, -0.05) is 6.07 Å². The molecule has 0 aliphatic heterocycles. The zero-order valence-electron chi connectivity index (χ0n) is 11.1. The first-order chi connectivity index (χ1) is 8.29. The number of nitrogens with one attached hydrogen (secondary N) is 1. The maximum atomic E-state index is 9.99. The van der Waals surface area contributed by atoms with Crippen LogP contribution in [0.2, 0.25) is 0 Å². The molecule has 0 spiro atoms.